The third kappa shape index (κ3) is 7.65. The lowest BCUT2D eigenvalue weighted by molar-refractivity contribution is 0.665. The molecule has 4 nitrogen and oxygen atoms in total. The molecule has 1 aliphatic rings. The molecule has 6 heteroatoms. The first-order valence-corrected chi connectivity index (χ1v) is 9.27. The van der Waals surface area contributed by atoms with Crippen LogP contribution in [0.4, 0.5) is 0 Å². The number of thiazole rings is 1. The number of hydrogen-bond acceptors (Lipinski definition) is 3. The summed E-state index contributed by atoms with van der Waals surface area (Å²) in [5, 5.41) is 7.83. The Kier molecular flexibility index (Phi) is 10.5. The van der Waals surface area contributed by atoms with Crippen LogP contribution in [-0.4, -0.2) is 24.0 Å². The van der Waals surface area contributed by atoms with E-state index in [1.807, 2.05) is 6.20 Å². The van der Waals surface area contributed by atoms with Crippen molar-refractivity contribution in [1.29, 1.82) is 0 Å². The van der Waals surface area contributed by atoms with Crippen molar-refractivity contribution in [2.75, 3.05) is 13.1 Å². The van der Waals surface area contributed by atoms with Crippen LogP contribution in [0.15, 0.2) is 22.8 Å². The first-order chi connectivity index (χ1) is 10.8. The maximum absolute atomic E-state index is 4.64. The predicted molar refractivity (Wildman–Crippen MR) is 111 cm³/mol. The summed E-state index contributed by atoms with van der Waals surface area (Å²) in [5.74, 6) is 0.896. The van der Waals surface area contributed by atoms with Gasteiger partial charge < -0.3 is 10.6 Å². The van der Waals surface area contributed by atoms with Crippen LogP contribution < -0.4 is 10.6 Å². The summed E-state index contributed by atoms with van der Waals surface area (Å²) in [4.78, 5) is 10.4. The van der Waals surface area contributed by atoms with Gasteiger partial charge in [0.25, 0.3) is 0 Å². The molecule has 1 aromatic rings. The highest BCUT2D eigenvalue weighted by atomic mass is 127. The van der Waals surface area contributed by atoms with E-state index in [-0.39, 0.29) is 24.0 Å². The molecule has 0 atom stereocenters. The van der Waals surface area contributed by atoms with Gasteiger partial charge in [-0.3, -0.25) is 0 Å². The number of halogens is 1. The van der Waals surface area contributed by atoms with Gasteiger partial charge in [0.15, 0.2) is 5.96 Å². The van der Waals surface area contributed by atoms with E-state index >= 15 is 0 Å². The molecule has 2 N–H and O–H groups in total. The Morgan fingerprint density at radius 1 is 1.30 bits per heavy atom. The Hall–Kier alpha value is -0.630. The number of rotatable bonds is 7. The molecule has 130 valence electrons. The summed E-state index contributed by atoms with van der Waals surface area (Å²) >= 11 is 1.76. The van der Waals surface area contributed by atoms with Crippen molar-refractivity contribution in [1.82, 2.24) is 15.6 Å². The molecule has 1 aliphatic carbocycles. The van der Waals surface area contributed by atoms with Gasteiger partial charge in [-0.1, -0.05) is 18.6 Å². The molecule has 0 radical (unpaired) electrons. The van der Waals surface area contributed by atoms with Crippen molar-refractivity contribution in [3.63, 3.8) is 0 Å². The van der Waals surface area contributed by atoms with Gasteiger partial charge in [0, 0.05) is 24.2 Å². The lowest BCUT2D eigenvalue weighted by atomic mass is 9.97. The van der Waals surface area contributed by atoms with Crippen LogP contribution in [0.25, 0.3) is 0 Å². The molecule has 23 heavy (non-hydrogen) atoms. The van der Waals surface area contributed by atoms with Gasteiger partial charge in [-0.05, 0) is 45.4 Å². The number of nitrogens with zero attached hydrogens (tertiary/aromatic N) is 2. The molecule has 0 bridgehead atoms. The van der Waals surface area contributed by atoms with Crippen LogP contribution in [0.5, 0.6) is 0 Å². The number of aliphatic imine (C=N–C) groups is 1. The minimum absolute atomic E-state index is 0. The first kappa shape index (κ1) is 20.4. The van der Waals surface area contributed by atoms with E-state index in [4.69, 9.17) is 0 Å². The quantitative estimate of drug-likeness (QED) is 0.284. The standard InChI is InChI=1S/C17H28N4S.HI/c1-3-15-12-20-16(22-15)13-21-17(18-4-2)19-11-10-14-8-6-5-7-9-14;/h8,12H,3-7,9-11,13H2,1-2H3,(H2,18,19,21);1H. The molecule has 0 unspecified atom stereocenters. The molecule has 1 aromatic heterocycles. The second-order valence-electron chi connectivity index (χ2n) is 5.55. The fourth-order valence-electron chi connectivity index (χ4n) is 2.55. The van der Waals surface area contributed by atoms with Gasteiger partial charge >= 0.3 is 0 Å². The number of allylic oxidation sites excluding steroid dienone is 1. The highest BCUT2D eigenvalue weighted by Crippen LogP contribution is 2.19. The molecule has 0 fully saturated rings. The molecule has 0 aliphatic heterocycles. The molecular weight excluding hydrogens is 419 g/mol. The number of hydrogen-bond donors (Lipinski definition) is 2. The van der Waals surface area contributed by atoms with Crippen molar-refractivity contribution in [2.24, 2.45) is 4.99 Å². The molecule has 0 aromatic carbocycles. The second-order valence-corrected chi connectivity index (χ2v) is 6.75. The largest absolute Gasteiger partial charge is 0.357 e. The molecular formula is C17H29IN4S. The Bertz CT molecular complexity index is 510. The monoisotopic (exact) mass is 448 g/mol. The summed E-state index contributed by atoms with van der Waals surface area (Å²) in [6.07, 6.45) is 11.8. The maximum atomic E-state index is 4.64. The van der Waals surface area contributed by atoms with Gasteiger partial charge in [-0.15, -0.1) is 35.3 Å². The van der Waals surface area contributed by atoms with Crippen LogP contribution in [0, 0.1) is 0 Å². The van der Waals surface area contributed by atoms with Crippen LogP contribution in [0.3, 0.4) is 0 Å². The summed E-state index contributed by atoms with van der Waals surface area (Å²) in [5.41, 5.74) is 1.60. The topological polar surface area (TPSA) is 49.3 Å². The number of aryl methyl sites for hydroxylation is 1. The Morgan fingerprint density at radius 2 is 2.17 bits per heavy atom. The van der Waals surface area contributed by atoms with Crippen molar-refractivity contribution in [3.05, 3.63) is 27.7 Å². The van der Waals surface area contributed by atoms with Gasteiger partial charge in [0.05, 0.1) is 6.54 Å². The highest BCUT2D eigenvalue weighted by Gasteiger charge is 2.05. The molecule has 0 saturated carbocycles. The maximum Gasteiger partial charge on any atom is 0.191 e. The first-order valence-electron chi connectivity index (χ1n) is 8.45. The van der Waals surface area contributed by atoms with E-state index in [1.165, 1.54) is 30.6 Å². The smallest absolute Gasteiger partial charge is 0.191 e. The summed E-state index contributed by atoms with van der Waals surface area (Å²) < 4.78 is 0. The predicted octanol–water partition coefficient (Wildman–Crippen LogP) is 4.27. The third-order valence-electron chi connectivity index (χ3n) is 3.79. The summed E-state index contributed by atoms with van der Waals surface area (Å²) in [6.45, 7) is 6.75. The van der Waals surface area contributed by atoms with Gasteiger partial charge in [0.1, 0.15) is 5.01 Å². The van der Waals surface area contributed by atoms with Crippen LogP contribution in [0.1, 0.15) is 55.8 Å². The number of nitrogens with one attached hydrogen (secondary N) is 2. The van der Waals surface area contributed by atoms with Crippen molar-refractivity contribution in [2.45, 2.75) is 58.9 Å². The Balaban J connectivity index is 0.00000264. The van der Waals surface area contributed by atoms with Gasteiger partial charge in [0.2, 0.25) is 0 Å². The summed E-state index contributed by atoms with van der Waals surface area (Å²) in [6, 6.07) is 0. The van der Waals surface area contributed by atoms with Crippen molar-refractivity contribution >= 4 is 41.3 Å². The highest BCUT2D eigenvalue weighted by molar-refractivity contribution is 14.0. The number of aromatic nitrogens is 1. The average Bonchev–Trinajstić information content (AvgIpc) is 3.02. The fraction of sp³-hybridized carbons (Fsp3) is 0.647. The summed E-state index contributed by atoms with van der Waals surface area (Å²) in [7, 11) is 0. The SMILES string of the molecule is CCNC(=NCc1ncc(CC)s1)NCCC1=CCCCC1.I. The normalized spacial score (nSPS) is 14.9. The minimum atomic E-state index is 0. The van der Waals surface area contributed by atoms with E-state index in [0.717, 1.165) is 36.9 Å². The van der Waals surface area contributed by atoms with Crippen molar-refractivity contribution in [3.8, 4) is 0 Å². The zero-order chi connectivity index (χ0) is 15.6. The van der Waals surface area contributed by atoms with E-state index in [1.54, 1.807) is 16.9 Å². The van der Waals surface area contributed by atoms with E-state index in [2.05, 4.69) is 40.5 Å². The molecule has 1 heterocycles. The van der Waals surface area contributed by atoms with Crippen LogP contribution >= 0.6 is 35.3 Å². The Morgan fingerprint density at radius 3 is 2.83 bits per heavy atom. The van der Waals surface area contributed by atoms with Crippen LogP contribution in [-0.2, 0) is 13.0 Å². The van der Waals surface area contributed by atoms with Crippen molar-refractivity contribution < 1.29 is 0 Å². The fourth-order valence-corrected chi connectivity index (χ4v) is 3.33. The molecule has 2 rings (SSSR count). The van der Waals surface area contributed by atoms with Gasteiger partial charge in [-0.2, -0.15) is 0 Å². The van der Waals surface area contributed by atoms with Gasteiger partial charge in [-0.25, -0.2) is 9.98 Å². The molecule has 0 saturated heterocycles. The lowest BCUT2D eigenvalue weighted by Crippen LogP contribution is -2.37. The average molecular weight is 448 g/mol. The van der Waals surface area contributed by atoms with Crippen LogP contribution in [0.2, 0.25) is 0 Å². The van der Waals surface area contributed by atoms with E-state index < -0.39 is 0 Å². The lowest BCUT2D eigenvalue weighted by Gasteiger charge is -2.14. The molecule has 0 amide bonds. The van der Waals surface area contributed by atoms with E-state index in [0.29, 0.717) is 6.54 Å². The van der Waals surface area contributed by atoms with E-state index in [9.17, 15) is 0 Å². The number of guanidine groups is 1. The zero-order valence-corrected chi connectivity index (χ0v) is 17.4. The Labute approximate surface area is 161 Å². The third-order valence-corrected chi connectivity index (χ3v) is 4.92. The zero-order valence-electron chi connectivity index (χ0n) is 14.2. The second kappa shape index (κ2) is 11.8. The molecule has 0 spiro atoms. The minimum Gasteiger partial charge on any atom is -0.357 e.